The van der Waals surface area contributed by atoms with Crippen LogP contribution in [-0.4, -0.2) is 12.3 Å². The highest BCUT2D eigenvalue weighted by Gasteiger charge is 2.25. The fraction of sp³-hybridized carbons (Fsp3) is 0.417. The van der Waals surface area contributed by atoms with E-state index >= 15 is 0 Å². The molecule has 0 saturated carbocycles. The lowest BCUT2D eigenvalue weighted by atomic mass is 9.88. The van der Waals surface area contributed by atoms with Gasteiger partial charge in [-0.25, -0.2) is 4.39 Å². The van der Waals surface area contributed by atoms with Crippen molar-refractivity contribution in [3.63, 3.8) is 0 Å². The molecule has 5 heteroatoms. The molecular formula is C12H14BrClFNO. The molecule has 0 amide bonds. The maximum Gasteiger partial charge on any atom is 0.170 e. The van der Waals surface area contributed by atoms with Crippen molar-refractivity contribution >= 4 is 33.3 Å². The summed E-state index contributed by atoms with van der Waals surface area (Å²) in [5, 5.41) is -0.0737. The molecule has 17 heavy (non-hydrogen) atoms. The summed E-state index contributed by atoms with van der Waals surface area (Å²) in [6, 6.07) is 2.99. The van der Waals surface area contributed by atoms with Crippen LogP contribution in [0.15, 0.2) is 16.6 Å². The van der Waals surface area contributed by atoms with Gasteiger partial charge in [-0.2, -0.15) is 0 Å². The Bertz CT molecular complexity index is 437. The van der Waals surface area contributed by atoms with Gasteiger partial charge < -0.3 is 5.73 Å². The molecule has 94 valence electrons. The minimum Gasteiger partial charge on any atom is -0.330 e. The number of benzene rings is 1. The van der Waals surface area contributed by atoms with Crippen LogP contribution in [0.5, 0.6) is 0 Å². The van der Waals surface area contributed by atoms with E-state index in [0.717, 1.165) is 0 Å². The van der Waals surface area contributed by atoms with Crippen LogP contribution in [-0.2, 0) is 0 Å². The Morgan fingerprint density at radius 3 is 2.59 bits per heavy atom. The molecule has 1 rings (SSSR count). The maximum absolute atomic E-state index is 13.8. The number of carbonyl (C=O) groups is 1. The van der Waals surface area contributed by atoms with Crippen LogP contribution in [0.3, 0.4) is 0 Å². The number of Topliss-reactive ketones (excluding diaryl/α,β-unsaturated/α-hetero) is 1. The Labute approximate surface area is 113 Å². The van der Waals surface area contributed by atoms with Gasteiger partial charge in [0, 0.05) is 16.9 Å². The van der Waals surface area contributed by atoms with Crippen LogP contribution in [0, 0.1) is 17.7 Å². The van der Waals surface area contributed by atoms with Crippen molar-refractivity contribution in [3.05, 3.63) is 33.0 Å². The molecule has 0 aliphatic carbocycles. The van der Waals surface area contributed by atoms with Crippen molar-refractivity contribution in [2.45, 2.75) is 13.8 Å². The Balaban J connectivity index is 3.17. The fourth-order valence-electron chi connectivity index (χ4n) is 1.60. The molecule has 0 spiro atoms. The Hall–Kier alpha value is -0.450. The molecule has 2 nitrogen and oxygen atoms in total. The molecule has 0 aliphatic rings. The van der Waals surface area contributed by atoms with E-state index in [1.165, 1.54) is 6.07 Å². The summed E-state index contributed by atoms with van der Waals surface area (Å²) in [6.07, 6.45) is 0. The van der Waals surface area contributed by atoms with Gasteiger partial charge >= 0.3 is 0 Å². The van der Waals surface area contributed by atoms with Gasteiger partial charge in [0.15, 0.2) is 11.6 Å². The molecule has 0 saturated heterocycles. The smallest absolute Gasteiger partial charge is 0.170 e. The predicted octanol–water partition coefficient (Wildman–Crippen LogP) is 3.66. The van der Waals surface area contributed by atoms with E-state index < -0.39 is 5.82 Å². The molecule has 1 atom stereocenters. The van der Waals surface area contributed by atoms with E-state index in [2.05, 4.69) is 15.9 Å². The molecule has 0 aromatic heterocycles. The zero-order valence-corrected chi connectivity index (χ0v) is 12.0. The van der Waals surface area contributed by atoms with E-state index in [1.807, 2.05) is 13.8 Å². The lowest BCUT2D eigenvalue weighted by Gasteiger charge is -2.18. The molecule has 0 fully saturated rings. The number of carbonyl (C=O) groups excluding carboxylic acids is 1. The molecule has 2 N–H and O–H groups in total. The number of ketones is 1. The van der Waals surface area contributed by atoms with Crippen LogP contribution in [0.25, 0.3) is 0 Å². The molecule has 0 aliphatic heterocycles. The molecular weight excluding hydrogens is 308 g/mol. The first-order valence-electron chi connectivity index (χ1n) is 5.27. The van der Waals surface area contributed by atoms with Crippen molar-refractivity contribution in [1.29, 1.82) is 0 Å². The summed E-state index contributed by atoms with van der Waals surface area (Å²) in [4.78, 5) is 12.1. The third-order valence-electron chi connectivity index (χ3n) is 2.70. The number of hydrogen-bond donors (Lipinski definition) is 1. The Morgan fingerprint density at radius 2 is 2.12 bits per heavy atom. The highest BCUT2D eigenvalue weighted by Crippen LogP contribution is 2.29. The van der Waals surface area contributed by atoms with Gasteiger partial charge in [0.1, 0.15) is 0 Å². The van der Waals surface area contributed by atoms with E-state index in [1.54, 1.807) is 6.07 Å². The molecule has 0 bridgehead atoms. The average Bonchev–Trinajstić information content (AvgIpc) is 2.26. The predicted molar refractivity (Wildman–Crippen MR) is 70.8 cm³/mol. The van der Waals surface area contributed by atoms with Crippen LogP contribution >= 0.6 is 27.5 Å². The largest absolute Gasteiger partial charge is 0.330 e. The van der Waals surface area contributed by atoms with Gasteiger partial charge in [-0.3, -0.25) is 4.79 Å². The minimum atomic E-state index is -0.690. The molecule has 0 radical (unpaired) electrons. The van der Waals surface area contributed by atoms with Gasteiger partial charge in [-0.15, -0.1) is 0 Å². The van der Waals surface area contributed by atoms with E-state index in [9.17, 15) is 9.18 Å². The quantitative estimate of drug-likeness (QED) is 0.679. The Kier molecular flexibility index (Phi) is 5.10. The summed E-state index contributed by atoms with van der Waals surface area (Å²) >= 11 is 8.85. The molecule has 1 aromatic carbocycles. The number of nitrogens with two attached hydrogens (primary N) is 1. The minimum absolute atomic E-state index is 0.00218. The van der Waals surface area contributed by atoms with Gasteiger partial charge in [-0.05, 0) is 34.0 Å². The average molecular weight is 323 g/mol. The maximum atomic E-state index is 13.8. The number of hydrogen-bond acceptors (Lipinski definition) is 2. The topological polar surface area (TPSA) is 43.1 Å². The van der Waals surface area contributed by atoms with E-state index in [-0.39, 0.29) is 34.7 Å². The lowest BCUT2D eigenvalue weighted by Crippen LogP contribution is -2.29. The highest BCUT2D eigenvalue weighted by atomic mass is 79.9. The third-order valence-corrected chi connectivity index (χ3v) is 3.95. The summed E-state index contributed by atoms with van der Waals surface area (Å²) in [5.74, 6) is -1.31. The first kappa shape index (κ1) is 14.6. The second-order valence-corrected chi connectivity index (χ2v) is 5.41. The second-order valence-electron chi connectivity index (χ2n) is 4.17. The molecule has 1 unspecified atom stereocenters. The lowest BCUT2D eigenvalue weighted by molar-refractivity contribution is 0.0888. The van der Waals surface area contributed by atoms with Gasteiger partial charge in [0.25, 0.3) is 0 Å². The number of rotatable bonds is 4. The van der Waals surface area contributed by atoms with Crippen molar-refractivity contribution in [3.8, 4) is 0 Å². The monoisotopic (exact) mass is 321 g/mol. The first-order valence-corrected chi connectivity index (χ1v) is 6.45. The normalized spacial score (nSPS) is 12.9. The van der Waals surface area contributed by atoms with Gasteiger partial charge in [0.05, 0.1) is 10.6 Å². The van der Waals surface area contributed by atoms with Crippen molar-refractivity contribution in [1.82, 2.24) is 0 Å². The summed E-state index contributed by atoms with van der Waals surface area (Å²) in [5.41, 5.74) is 5.55. The first-order chi connectivity index (χ1) is 7.90. The van der Waals surface area contributed by atoms with Crippen LogP contribution in [0.4, 0.5) is 4.39 Å². The van der Waals surface area contributed by atoms with Crippen LogP contribution < -0.4 is 5.73 Å². The van der Waals surface area contributed by atoms with Gasteiger partial charge in [-0.1, -0.05) is 25.4 Å². The Morgan fingerprint density at radius 1 is 1.53 bits per heavy atom. The summed E-state index contributed by atoms with van der Waals surface area (Å²) in [7, 11) is 0. The SMILES string of the molecule is CC(C)C(CN)C(=O)c1ccc(Br)c(Cl)c1F. The fourth-order valence-corrected chi connectivity index (χ4v) is 2.07. The third kappa shape index (κ3) is 3.06. The van der Waals surface area contributed by atoms with E-state index in [4.69, 9.17) is 17.3 Å². The molecule has 1 aromatic rings. The van der Waals surface area contributed by atoms with Crippen molar-refractivity contribution in [2.24, 2.45) is 17.6 Å². The van der Waals surface area contributed by atoms with Crippen LogP contribution in [0.2, 0.25) is 5.02 Å². The summed E-state index contributed by atoms with van der Waals surface area (Å²) in [6.45, 7) is 3.96. The standard InChI is InChI=1S/C12H14BrClFNO/c1-6(2)8(5-16)12(17)7-3-4-9(13)10(14)11(7)15/h3-4,6,8H,5,16H2,1-2H3. The zero-order valence-electron chi connectivity index (χ0n) is 9.64. The zero-order chi connectivity index (χ0) is 13.2. The van der Waals surface area contributed by atoms with E-state index in [0.29, 0.717) is 4.47 Å². The highest BCUT2D eigenvalue weighted by molar-refractivity contribution is 9.10. The molecule has 0 heterocycles. The van der Waals surface area contributed by atoms with Crippen molar-refractivity contribution < 1.29 is 9.18 Å². The second kappa shape index (κ2) is 5.94. The van der Waals surface area contributed by atoms with Gasteiger partial charge in [0.2, 0.25) is 0 Å². The van der Waals surface area contributed by atoms with Crippen LogP contribution in [0.1, 0.15) is 24.2 Å². The summed E-state index contributed by atoms with van der Waals surface area (Å²) < 4.78 is 14.3. The number of halogens is 3. The van der Waals surface area contributed by atoms with Crippen molar-refractivity contribution in [2.75, 3.05) is 6.54 Å².